The molecule has 0 bridgehead atoms. The number of rotatable bonds is 3. The molecule has 0 spiro atoms. The molecule has 1 heterocycles. The van der Waals surface area contributed by atoms with E-state index >= 15 is 0 Å². The van der Waals surface area contributed by atoms with Gasteiger partial charge < -0.3 is 4.74 Å². The summed E-state index contributed by atoms with van der Waals surface area (Å²) in [5.74, 6) is 0.139. The minimum Gasteiger partial charge on any atom is -0.490 e. The maximum Gasteiger partial charge on any atom is 0.311 e. The van der Waals surface area contributed by atoms with Crippen LogP contribution in [0.15, 0.2) is 52.3 Å². The Morgan fingerprint density at radius 3 is 2.68 bits per heavy atom. The van der Waals surface area contributed by atoms with Crippen molar-refractivity contribution in [2.45, 2.75) is 4.90 Å². The molecule has 0 unspecified atom stereocenters. The predicted molar refractivity (Wildman–Crippen MR) is 84.3 cm³/mol. The van der Waals surface area contributed by atoms with Crippen molar-refractivity contribution in [1.82, 2.24) is 0 Å². The van der Waals surface area contributed by atoms with Crippen molar-refractivity contribution >= 4 is 29.3 Å². The number of ketones is 1. The lowest BCUT2D eigenvalue weighted by molar-refractivity contribution is -0.385. The lowest BCUT2D eigenvalue weighted by Crippen LogP contribution is -1.95. The van der Waals surface area contributed by atoms with Crippen LogP contribution in [0.1, 0.15) is 15.9 Å². The van der Waals surface area contributed by atoms with Crippen LogP contribution in [0.4, 0.5) is 5.69 Å². The first-order valence-electron chi connectivity index (χ1n) is 6.46. The first kappa shape index (κ1) is 14.3. The molecule has 0 radical (unpaired) electrons. The van der Waals surface area contributed by atoms with Crippen molar-refractivity contribution in [2.24, 2.45) is 0 Å². The third kappa shape index (κ3) is 2.48. The highest BCUT2D eigenvalue weighted by molar-refractivity contribution is 8.04. The lowest BCUT2D eigenvalue weighted by atomic mass is 10.1. The third-order valence-corrected chi connectivity index (χ3v) is 4.37. The molecule has 2 aromatic rings. The topological polar surface area (TPSA) is 69.4 Å². The Labute approximate surface area is 130 Å². The van der Waals surface area contributed by atoms with Crippen LogP contribution in [-0.2, 0) is 0 Å². The second-order valence-electron chi connectivity index (χ2n) is 4.62. The first-order chi connectivity index (χ1) is 10.6. The van der Waals surface area contributed by atoms with Crippen molar-refractivity contribution in [3.63, 3.8) is 0 Å². The van der Waals surface area contributed by atoms with Gasteiger partial charge in [-0.05, 0) is 29.8 Å². The van der Waals surface area contributed by atoms with Gasteiger partial charge in [-0.3, -0.25) is 14.9 Å². The van der Waals surface area contributed by atoms with E-state index in [4.69, 9.17) is 4.74 Å². The number of carbonyl (C=O) groups is 1. The molecule has 0 amide bonds. The molecule has 0 aliphatic carbocycles. The maximum atomic E-state index is 12.3. The van der Waals surface area contributed by atoms with Crippen LogP contribution >= 0.6 is 11.8 Å². The molecular formula is C16H11NO4S. The van der Waals surface area contributed by atoms with E-state index in [0.29, 0.717) is 16.0 Å². The van der Waals surface area contributed by atoms with E-state index in [1.165, 1.54) is 31.0 Å². The number of allylic oxidation sites excluding steroid dienone is 1. The van der Waals surface area contributed by atoms with E-state index in [1.807, 2.05) is 18.2 Å². The van der Waals surface area contributed by atoms with E-state index in [9.17, 15) is 14.9 Å². The Kier molecular flexibility index (Phi) is 3.68. The normalized spacial score (nSPS) is 15.0. The molecule has 0 saturated carbocycles. The van der Waals surface area contributed by atoms with Gasteiger partial charge in [-0.25, -0.2) is 0 Å². The zero-order valence-electron chi connectivity index (χ0n) is 11.6. The van der Waals surface area contributed by atoms with Crippen molar-refractivity contribution < 1.29 is 14.5 Å². The Balaban J connectivity index is 1.99. The largest absolute Gasteiger partial charge is 0.490 e. The summed E-state index contributed by atoms with van der Waals surface area (Å²) in [6.45, 7) is 0. The standard InChI is InChI=1S/C16H11NO4S/c1-21-13-7-6-10(8-12(13)17(19)20)9-15-16(18)11-4-2-3-5-14(11)22-15/h2-9H,1H3. The zero-order valence-corrected chi connectivity index (χ0v) is 12.4. The molecule has 5 nitrogen and oxygen atoms in total. The molecule has 0 aromatic heterocycles. The lowest BCUT2D eigenvalue weighted by Gasteiger charge is -2.02. The van der Waals surface area contributed by atoms with Gasteiger partial charge in [0.25, 0.3) is 0 Å². The predicted octanol–water partition coefficient (Wildman–Crippen LogP) is 3.93. The summed E-state index contributed by atoms with van der Waals surface area (Å²) in [7, 11) is 1.38. The summed E-state index contributed by atoms with van der Waals surface area (Å²) in [4.78, 5) is 24.3. The molecule has 0 saturated heterocycles. The van der Waals surface area contributed by atoms with Crippen LogP contribution in [0.5, 0.6) is 5.75 Å². The number of nitrogens with zero attached hydrogens (tertiary/aromatic N) is 1. The molecule has 6 heteroatoms. The number of hydrogen-bond donors (Lipinski definition) is 0. The molecule has 0 atom stereocenters. The number of nitro benzene ring substituents is 1. The number of methoxy groups -OCH3 is 1. The van der Waals surface area contributed by atoms with E-state index in [1.54, 1.807) is 18.2 Å². The molecule has 22 heavy (non-hydrogen) atoms. The summed E-state index contributed by atoms with van der Waals surface area (Å²) in [5.41, 5.74) is 1.14. The SMILES string of the molecule is COc1ccc(C=C2Sc3ccccc3C2=O)cc1[N+](=O)[O-]. The molecule has 0 fully saturated rings. The highest BCUT2D eigenvalue weighted by Crippen LogP contribution is 2.41. The number of thioether (sulfide) groups is 1. The van der Waals surface area contributed by atoms with Gasteiger partial charge in [-0.2, -0.15) is 0 Å². The number of nitro groups is 1. The average Bonchev–Trinajstić information content (AvgIpc) is 2.84. The number of Topliss-reactive ketones (excluding diaryl/α,β-unsaturated/α-hetero) is 1. The van der Waals surface area contributed by atoms with Gasteiger partial charge in [0.05, 0.1) is 16.9 Å². The Morgan fingerprint density at radius 1 is 1.23 bits per heavy atom. The number of benzene rings is 2. The van der Waals surface area contributed by atoms with Crippen molar-refractivity contribution in [2.75, 3.05) is 7.11 Å². The van der Waals surface area contributed by atoms with Gasteiger partial charge in [-0.15, -0.1) is 0 Å². The number of carbonyl (C=O) groups excluding carboxylic acids is 1. The summed E-state index contributed by atoms with van der Waals surface area (Å²) in [5, 5.41) is 11.0. The minimum atomic E-state index is -0.501. The zero-order chi connectivity index (χ0) is 15.7. The molecule has 110 valence electrons. The second kappa shape index (κ2) is 5.65. The summed E-state index contributed by atoms with van der Waals surface area (Å²) >= 11 is 1.37. The molecule has 1 aliphatic rings. The molecule has 2 aromatic carbocycles. The summed E-state index contributed by atoms with van der Waals surface area (Å²) < 4.78 is 4.97. The van der Waals surface area contributed by atoms with Crippen molar-refractivity contribution in [3.05, 3.63) is 68.6 Å². The van der Waals surface area contributed by atoms with Gasteiger partial charge >= 0.3 is 5.69 Å². The van der Waals surface area contributed by atoms with Gasteiger partial charge in [-0.1, -0.05) is 30.0 Å². The molecule has 3 rings (SSSR count). The maximum absolute atomic E-state index is 12.3. The minimum absolute atomic E-state index is 0.0564. The highest BCUT2D eigenvalue weighted by atomic mass is 32.2. The molecule has 1 aliphatic heterocycles. The van der Waals surface area contributed by atoms with Crippen LogP contribution in [0.3, 0.4) is 0 Å². The van der Waals surface area contributed by atoms with Crippen LogP contribution in [-0.4, -0.2) is 17.8 Å². The van der Waals surface area contributed by atoms with Crippen LogP contribution in [0.2, 0.25) is 0 Å². The summed E-state index contributed by atoms with van der Waals surface area (Å²) in [6.07, 6.45) is 1.67. The van der Waals surface area contributed by atoms with Gasteiger partial charge in [0, 0.05) is 16.5 Å². The fourth-order valence-corrected chi connectivity index (χ4v) is 3.28. The average molecular weight is 313 g/mol. The van der Waals surface area contributed by atoms with Gasteiger partial charge in [0.2, 0.25) is 5.78 Å². The highest BCUT2D eigenvalue weighted by Gasteiger charge is 2.25. The number of ether oxygens (including phenoxy) is 1. The van der Waals surface area contributed by atoms with Crippen LogP contribution in [0.25, 0.3) is 6.08 Å². The Bertz CT molecular complexity index is 814. The van der Waals surface area contributed by atoms with Crippen molar-refractivity contribution in [1.29, 1.82) is 0 Å². The van der Waals surface area contributed by atoms with Gasteiger partial charge in [0.1, 0.15) is 0 Å². The van der Waals surface area contributed by atoms with E-state index < -0.39 is 4.92 Å². The fourth-order valence-electron chi connectivity index (χ4n) is 2.23. The summed E-state index contributed by atoms with van der Waals surface area (Å²) in [6, 6.07) is 12.0. The molecular weight excluding hydrogens is 302 g/mol. The van der Waals surface area contributed by atoms with E-state index in [2.05, 4.69) is 0 Å². The van der Waals surface area contributed by atoms with Gasteiger partial charge in [0.15, 0.2) is 5.75 Å². The molecule has 0 N–H and O–H groups in total. The van der Waals surface area contributed by atoms with E-state index in [0.717, 1.165) is 4.90 Å². The Hall–Kier alpha value is -2.60. The monoisotopic (exact) mass is 313 g/mol. The number of hydrogen-bond acceptors (Lipinski definition) is 5. The smallest absolute Gasteiger partial charge is 0.311 e. The fraction of sp³-hybridized carbons (Fsp3) is 0.0625. The Morgan fingerprint density at radius 2 is 2.00 bits per heavy atom. The van der Waals surface area contributed by atoms with E-state index in [-0.39, 0.29) is 17.2 Å². The quantitative estimate of drug-likeness (QED) is 0.488. The van der Waals surface area contributed by atoms with Crippen LogP contribution < -0.4 is 4.74 Å². The second-order valence-corrected chi connectivity index (χ2v) is 5.71. The van der Waals surface area contributed by atoms with Crippen molar-refractivity contribution in [3.8, 4) is 5.75 Å². The number of fused-ring (bicyclic) bond motifs is 1. The third-order valence-electron chi connectivity index (χ3n) is 3.27. The first-order valence-corrected chi connectivity index (χ1v) is 7.27. The van der Waals surface area contributed by atoms with Crippen LogP contribution in [0, 0.1) is 10.1 Å².